The maximum Gasteiger partial charge on any atom is 0.128 e. The van der Waals surface area contributed by atoms with Crippen LogP contribution in [0.1, 0.15) is 24.9 Å². The molecule has 0 radical (unpaired) electrons. The zero-order chi connectivity index (χ0) is 12.0. The van der Waals surface area contributed by atoms with Crippen LogP contribution in [0, 0.1) is 0 Å². The summed E-state index contributed by atoms with van der Waals surface area (Å²) in [5, 5.41) is 0. The van der Waals surface area contributed by atoms with E-state index in [1.807, 2.05) is 32.3 Å². The van der Waals surface area contributed by atoms with Crippen molar-refractivity contribution in [2.45, 2.75) is 19.4 Å². The molecule has 0 amide bonds. The van der Waals surface area contributed by atoms with Gasteiger partial charge >= 0.3 is 0 Å². The zero-order valence-electron chi connectivity index (χ0n) is 10.3. The molecule has 1 aromatic rings. The summed E-state index contributed by atoms with van der Waals surface area (Å²) in [7, 11) is 3.75. The van der Waals surface area contributed by atoms with Crippen LogP contribution in [-0.2, 0) is 4.74 Å². The molecule has 0 saturated carbocycles. The fraction of sp³-hybridized carbons (Fsp3) is 0.583. The largest absolute Gasteiger partial charge is 0.385 e. The van der Waals surface area contributed by atoms with Gasteiger partial charge in [0.15, 0.2) is 0 Å². The number of rotatable bonds is 6. The summed E-state index contributed by atoms with van der Waals surface area (Å²) in [6.07, 6.45) is 2.84. The van der Waals surface area contributed by atoms with Crippen LogP contribution in [-0.4, -0.2) is 32.3 Å². The molecule has 0 bridgehead atoms. The predicted octanol–water partition coefficient (Wildman–Crippen LogP) is 1.57. The van der Waals surface area contributed by atoms with Crippen molar-refractivity contribution in [3.8, 4) is 0 Å². The third kappa shape index (κ3) is 3.79. The molecule has 0 aromatic carbocycles. The van der Waals surface area contributed by atoms with Gasteiger partial charge < -0.3 is 15.4 Å². The number of methoxy groups -OCH3 is 1. The maximum absolute atomic E-state index is 5.77. The van der Waals surface area contributed by atoms with Crippen LogP contribution in [0.25, 0.3) is 0 Å². The second kappa shape index (κ2) is 6.45. The highest BCUT2D eigenvalue weighted by Crippen LogP contribution is 2.13. The number of ether oxygens (including phenoxy) is 1. The Hall–Kier alpha value is -1.13. The maximum atomic E-state index is 5.77. The van der Waals surface area contributed by atoms with E-state index in [1.54, 1.807) is 7.11 Å². The molecule has 0 aliphatic carbocycles. The molecule has 4 heteroatoms. The van der Waals surface area contributed by atoms with Gasteiger partial charge in [0, 0.05) is 39.5 Å². The van der Waals surface area contributed by atoms with Gasteiger partial charge in [0.1, 0.15) is 5.82 Å². The second-order valence-electron chi connectivity index (χ2n) is 4.01. The quantitative estimate of drug-likeness (QED) is 0.744. The van der Waals surface area contributed by atoms with E-state index in [2.05, 4.69) is 9.88 Å². The van der Waals surface area contributed by atoms with Gasteiger partial charge in [0.2, 0.25) is 0 Å². The van der Waals surface area contributed by atoms with Crippen LogP contribution < -0.4 is 10.6 Å². The molecule has 2 N–H and O–H groups in total. The Bertz CT molecular complexity index is 298. The molecule has 90 valence electrons. The normalized spacial score (nSPS) is 12.5. The average Bonchev–Trinajstić information content (AvgIpc) is 2.29. The molecule has 1 atom stereocenters. The van der Waals surface area contributed by atoms with E-state index >= 15 is 0 Å². The van der Waals surface area contributed by atoms with Crippen LogP contribution in [0.4, 0.5) is 5.82 Å². The molecular formula is C12H21N3O. The van der Waals surface area contributed by atoms with E-state index in [1.165, 1.54) is 0 Å². The molecule has 1 aromatic heterocycles. The summed E-state index contributed by atoms with van der Waals surface area (Å²) in [4.78, 5) is 6.50. The number of nitrogens with two attached hydrogens (primary N) is 1. The lowest BCUT2D eigenvalue weighted by Crippen LogP contribution is -2.21. The van der Waals surface area contributed by atoms with Gasteiger partial charge in [-0.05, 0) is 25.0 Å². The first-order chi connectivity index (χ1) is 7.65. The third-order valence-electron chi connectivity index (χ3n) is 2.53. The van der Waals surface area contributed by atoms with Gasteiger partial charge in [0.05, 0.1) is 0 Å². The van der Waals surface area contributed by atoms with Gasteiger partial charge in [-0.25, -0.2) is 4.98 Å². The molecule has 0 fully saturated rings. The summed E-state index contributed by atoms with van der Waals surface area (Å²) in [6, 6.07) is 4.08. The van der Waals surface area contributed by atoms with E-state index < -0.39 is 0 Å². The number of hydrogen-bond donors (Lipinski definition) is 1. The Balaban J connectivity index is 2.52. The third-order valence-corrected chi connectivity index (χ3v) is 2.53. The summed E-state index contributed by atoms with van der Waals surface area (Å²) < 4.78 is 5.02. The Morgan fingerprint density at radius 1 is 1.50 bits per heavy atom. The molecule has 1 rings (SSSR count). The highest BCUT2D eigenvalue weighted by Gasteiger charge is 2.03. The SMILES string of the molecule is COCCCN(C)c1ccc(C(C)N)cn1. The minimum atomic E-state index is 0.0420. The van der Waals surface area contributed by atoms with Crippen molar-refractivity contribution in [3.63, 3.8) is 0 Å². The van der Waals surface area contributed by atoms with Gasteiger partial charge in [0.25, 0.3) is 0 Å². The summed E-state index contributed by atoms with van der Waals surface area (Å²) in [6.45, 7) is 3.68. The first-order valence-corrected chi connectivity index (χ1v) is 5.56. The lowest BCUT2D eigenvalue weighted by atomic mass is 10.1. The van der Waals surface area contributed by atoms with Crippen LogP contribution in [0.2, 0.25) is 0 Å². The fourth-order valence-corrected chi connectivity index (χ4v) is 1.45. The summed E-state index contributed by atoms with van der Waals surface area (Å²) in [5.41, 5.74) is 6.83. The molecule has 16 heavy (non-hydrogen) atoms. The Morgan fingerprint density at radius 3 is 2.75 bits per heavy atom. The fourth-order valence-electron chi connectivity index (χ4n) is 1.45. The van der Waals surface area contributed by atoms with Crippen molar-refractivity contribution in [1.82, 2.24) is 4.98 Å². The monoisotopic (exact) mass is 223 g/mol. The minimum absolute atomic E-state index is 0.0420. The van der Waals surface area contributed by atoms with Crippen molar-refractivity contribution in [1.29, 1.82) is 0 Å². The molecule has 1 unspecified atom stereocenters. The molecule has 0 saturated heterocycles. The lowest BCUT2D eigenvalue weighted by molar-refractivity contribution is 0.196. The van der Waals surface area contributed by atoms with Crippen molar-refractivity contribution < 1.29 is 4.74 Å². The van der Waals surface area contributed by atoms with Crippen molar-refractivity contribution in [2.75, 3.05) is 32.2 Å². The molecule has 1 heterocycles. The minimum Gasteiger partial charge on any atom is -0.385 e. The molecule has 0 aliphatic rings. The lowest BCUT2D eigenvalue weighted by Gasteiger charge is -2.18. The number of anilines is 1. The Kier molecular flexibility index (Phi) is 5.22. The van der Waals surface area contributed by atoms with Crippen LogP contribution in [0.3, 0.4) is 0 Å². The number of pyridine rings is 1. The van der Waals surface area contributed by atoms with Gasteiger partial charge in [-0.2, -0.15) is 0 Å². The number of nitrogens with zero attached hydrogens (tertiary/aromatic N) is 2. The number of hydrogen-bond acceptors (Lipinski definition) is 4. The first-order valence-electron chi connectivity index (χ1n) is 5.56. The van der Waals surface area contributed by atoms with Gasteiger partial charge in [-0.15, -0.1) is 0 Å². The summed E-state index contributed by atoms with van der Waals surface area (Å²) in [5.74, 6) is 0.973. The van der Waals surface area contributed by atoms with Crippen molar-refractivity contribution in [2.24, 2.45) is 5.73 Å². The molecule has 4 nitrogen and oxygen atoms in total. The van der Waals surface area contributed by atoms with E-state index in [9.17, 15) is 0 Å². The predicted molar refractivity (Wildman–Crippen MR) is 66.6 cm³/mol. The van der Waals surface area contributed by atoms with Gasteiger partial charge in [-0.3, -0.25) is 0 Å². The smallest absolute Gasteiger partial charge is 0.128 e. The second-order valence-corrected chi connectivity index (χ2v) is 4.01. The van der Waals surface area contributed by atoms with E-state index in [4.69, 9.17) is 10.5 Å². The van der Waals surface area contributed by atoms with Crippen molar-refractivity contribution in [3.05, 3.63) is 23.9 Å². The van der Waals surface area contributed by atoms with Crippen LogP contribution >= 0.6 is 0 Å². The number of aromatic nitrogens is 1. The first kappa shape index (κ1) is 12.9. The zero-order valence-corrected chi connectivity index (χ0v) is 10.3. The van der Waals surface area contributed by atoms with E-state index in [0.29, 0.717) is 0 Å². The van der Waals surface area contributed by atoms with Crippen LogP contribution in [0.5, 0.6) is 0 Å². The van der Waals surface area contributed by atoms with Crippen molar-refractivity contribution >= 4 is 5.82 Å². The van der Waals surface area contributed by atoms with Crippen LogP contribution in [0.15, 0.2) is 18.3 Å². The highest BCUT2D eigenvalue weighted by molar-refractivity contribution is 5.38. The molecule has 0 aliphatic heterocycles. The Labute approximate surface area is 97.4 Å². The Morgan fingerprint density at radius 2 is 2.25 bits per heavy atom. The average molecular weight is 223 g/mol. The molecular weight excluding hydrogens is 202 g/mol. The summed E-state index contributed by atoms with van der Waals surface area (Å²) >= 11 is 0. The van der Waals surface area contributed by atoms with Gasteiger partial charge in [-0.1, -0.05) is 6.07 Å². The molecule has 0 spiro atoms. The standard InChI is InChI=1S/C12H21N3O/c1-10(13)11-5-6-12(14-9-11)15(2)7-4-8-16-3/h5-6,9-10H,4,7-8,13H2,1-3H3. The van der Waals surface area contributed by atoms with E-state index in [-0.39, 0.29) is 6.04 Å². The van der Waals surface area contributed by atoms with E-state index in [0.717, 1.165) is 31.0 Å². The highest BCUT2D eigenvalue weighted by atomic mass is 16.5. The topological polar surface area (TPSA) is 51.4 Å².